The molecule has 0 radical (unpaired) electrons. The van der Waals surface area contributed by atoms with Gasteiger partial charge < -0.3 is 10.1 Å². The van der Waals surface area contributed by atoms with Crippen molar-refractivity contribution in [3.63, 3.8) is 0 Å². The Morgan fingerprint density at radius 1 is 1.56 bits per heavy atom. The van der Waals surface area contributed by atoms with Crippen LogP contribution in [0.3, 0.4) is 0 Å². The molecule has 0 fully saturated rings. The molecule has 1 amide bonds. The van der Waals surface area contributed by atoms with Crippen LogP contribution in [0.5, 0.6) is 5.75 Å². The number of amides is 1. The largest absolute Gasteiger partial charge is 0.497 e. The van der Waals surface area contributed by atoms with Crippen molar-refractivity contribution < 1.29 is 13.9 Å². The van der Waals surface area contributed by atoms with Crippen molar-refractivity contribution in [3.8, 4) is 17.6 Å². The lowest BCUT2D eigenvalue weighted by atomic mass is 10.2. The second-order valence-corrected chi connectivity index (χ2v) is 3.06. The lowest BCUT2D eigenvalue weighted by Gasteiger charge is -2.00. The fourth-order valence-corrected chi connectivity index (χ4v) is 1.03. The van der Waals surface area contributed by atoms with Crippen LogP contribution in [0.1, 0.15) is 12.5 Å². The first kappa shape index (κ1) is 12.1. The number of carbonyl (C=O) groups is 1. The zero-order valence-corrected chi connectivity index (χ0v) is 9.13. The molecule has 0 bridgehead atoms. The van der Waals surface area contributed by atoms with Crippen LogP contribution in [-0.2, 0) is 4.79 Å². The first-order valence-corrected chi connectivity index (χ1v) is 4.70. The van der Waals surface area contributed by atoms with Crippen molar-refractivity contribution in [2.24, 2.45) is 0 Å². The zero-order valence-electron chi connectivity index (χ0n) is 9.13. The van der Waals surface area contributed by atoms with Crippen molar-refractivity contribution in [2.75, 3.05) is 13.7 Å². The van der Waals surface area contributed by atoms with Crippen LogP contribution >= 0.6 is 0 Å². The quantitative estimate of drug-likeness (QED) is 0.765. The van der Waals surface area contributed by atoms with Crippen molar-refractivity contribution >= 4 is 5.91 Å². The molecule has 1 aromatic rings. The molecule has 0 heterocycles. The first-order chi connectivity index (χ1) is 7.63. The van der Waals surface area contributed by atoms with E-state index in [-0.39, 0.29) is 18.0 Å². The van der Waals surface area contributed by atoms with E-state index in [4.69, 9.17) is 4.74 Å². The Morgan fingerprint density at radius 2 is 2.31 bits per heavy atom. The van der Waals surface area contributed by atoms with Crippen molar-refractivity contribution in [1.29, 1.82) is 0 Å². The maximum Gasteiger partial charge on any atom is 0.217 e. The van der Waals surface area contributed by atoms with Gasteiger partial charge in [0.25, 0.3) is 0 Å². The Hall–Kier alpha value is -2.02. The van der Waals surface area contributed by atoms with Crippen LogP contribution in [0.25, 0.3) is 0 Å². The smallest absolute Gasteiger partial charge is 0.217 e. The van der Waals surface area contributed by atoms with Gasteiger partial charge in [0, 0.05) is 13.0 Å². The SMILES string of the molecule is COc1ccc(C#CCNC(C)=O)c(F)c1. The highest BCUT2D eigenvalue weighted by Gasteiger charge is 2.00. The Bertz CT molecular complexity index is 446. The molecular formula is C12H12FNO2. The van der Waals surface area contributed by atoms with E-state index in [0.717, 1.165) is 0 Å². The molecule has 1 aromatic carbocycles. The number of nitrogens with one attached hydrogen (secondary N) is 1. The van der Waals surface area contributed by atoms with Crippen molar-refractivity contribution in [2.45, 2.75) is 6.92 Å². The van der Waals surface area contributed by atoms with E-state index < -0.39 is 5.82 Å². The topological polar surface area (TPSA) is 38.3 Å². The molecule has 1 N–H and O–H groups in total. The van der Waals surface area contributed by atoms with Crippen molar-refractivity contribution in [3.05, 3.63) is 29.6 Å². The van der Waals surface area contributed by atoms with Gasteiger partial charge in [-0.05, 0) is 12.1 Å². The van der Waals surface area contributed by atoms with Gasteiger partial charge in [-0.25, -0.2) is 4.39 Å². The van der Waals surface area contributed by atoms with Gasteiger partial charge in [0.2, 0.25) is 5.91 Å². The van der Waals surface area contributed by atoms with E-state index in [1.807, 2.05) is 0 Å². The Kier molecular flexibility index (Phi) is 4.34. The summed E-state index contributed by atoms with van der Waals surface area (Å²) < 4.78 is 18.2. The molecule has 0 spiro atoms. The van der Waals surface area contributed by atoms with E-state index in [9.17, 15) is 9.18 Å². The number of methoxy groups -OCH3 is 1. The normalized spacial score (nSPS) is 8.94. The summed E-state index contributed by atoms with van der Waals surface area (Å²) in [7, 11) is 1.47. The van der Waals surface area contributed by atoms with Crippen LogP contribution in [0.2, 0.25) is 0 Å². The molecular weight excluding hydrogens is 209 g/mol. The van der Waals surface area contributed by atoms with E-state index >= 15 is 0 Å². The fraction of sp³-hybridized carbons (Fsp3) is 0.250. The van der Waals surface area contributed by atoms with Gasteiger partial charge in [0.1, 0.15) is 11.6 Å². The van der Waals surface area contributed by atoms with Crippen LogP contribution in [0.15, 0.2) is 18.2 Å². The van der Waals surface area contributed by atoms with Gasteiger partial charge in [-0.15, -0.1) is 0 Å². The fourth-order valence-electron chi connectivity index (χ4n) is 1.03. The zero-order chi connectivity index (χ0) is 12.0. The predicted octanol–water partition coefficient (Wildman–Crippen LogP) is 1.32. The standard InChI is InChI=1S/C12H12FNO2/c1-9(15)14-7-3-4-10-5-6-11(16-2)8-12(10)13/h5-6,8H,7H2,1-2H3,(H,14,15). The molecule has 84 valence electrons. The molecule has 16 heavy (non-hydrogen) atoms. The third kappa shape index (κ3) is 3.62. The average molecular weight is 221 g/mol. The highest BCUT2D eigenvalue weighted by molar-refractivity contribution is 5.73. The minimum absolute atomic E-state index is 0.162. The van der Waals surface area contributed by atoms with E-state index in [1.54, 1.807) is 6.07 Å². The Balaban J connectivity index is 2.70. The Morgan fingerprint density at radius 3 is 2.88 bits per heavy atom. The van der Waals surface area contributed by atoms with E-state index in [1.165, 1.54) is 26.2 Å². The van der Waals surface area contributed by atoms with Crippen LogP contribution < -0.4 is 10.1 Å². The summed E-state index contributed by atoms with van der Waals surface area (Å²) in [5, 5.41) is 2.50. The maximum atomic E-state index is 13.4. The number of carbonyl (C=O) groups excluding carboxylic acids is 1. The molecule has 3 nitrogen and oxygen atoms in total. The summed E-state index contributed by atoms with van der Waals surface area (Å²) in [5.74, 6) is 5.12. The average Bonchev–Trinajstić information content (AvgIpc) is 2.25. The maximum absolute atomic E-state index is 13.4. The minimum Gasteiger partial charge on any atom is -0.497 e. The van der Waals surface area contributed by atoms with Crippen LogP contribution in [0, 0.1) is 17.7 Å². The molecule has 1 rings (SSSR count). The second kappa shape index (κ2) is 5.76. The number of benzene rings is 1. The summed E-state index contributed by atoms with van der Waals surface area (Å²) in [6, 6.07) is 4.43. The van der Waals surface area contributed by atoms with Gasteiger partial charge >= 0.3 is 0 Å². The summed E-state index contributed by atoms with van der Waals surface area (Å²) in [5.41, 5.74) is 0.283. The van der Waals surface area contributed by atoms with Gasteiger partial charge in [0.15, 0.2) is 0 Å². The van der Waals surface area contributed by atoms with Crippen molar-refractivity contribution in [1.82, 2.24) is 5.32 Å². The molecule has 0 atom stereocenters. The first-order valence-electron chi connectivity index (χ1n) is 4.70. The third-order valence-electron chi connectivity index (χ3n) is 1.83. The van der Waals surface area contributed by atoms with E-state index in [0.29, 0.717) is 5.75 Å². The molecule has 4 heteroatoms. The molecule has 0 aromatic heterocycles. The summed E-state index contributed by atoms with van der Waals surface area (Å²) in [6.07, 6.45) is 0. The Labute approximate surface area is 93.6 Å². The third-order valence-corrected chi connectivity index (χ3v) is 1.83. The highest BCUT2D eigenvalue weighted by Crippen LogP contribution is 2.14. The number of halogens is 1. The molecule has 0 aliphatic rings. The molecule has 0 unspecified atom stereocenters. The number of hydrogen-bond acceptors (Lipinski definition) is 2. The van der Waals surface area contributed by atoms with E-state index in [2.05, 4.69) is 17.2 Å². The number of hydrogen-bond donors (Lipinski definition) is 1. The van der Waals surface area contributed by atoms with Gasteiger partial charge in [-0.3, -0.25) is 4.79 Å². The molecule has 0 aliphatic carbocycles. The highest BCUT2D eigenvalue weighted by atomic mass is 19.1. The van der Waals surface area contributed by atoms with Gasteiger partial charge in [-0.1, -0.05) is 11.8 Å². The summed E-state index contributed by atoms with van der Waals surface area (Å²) >= 11 is 0. The molecule has 0 saturated heterocycles. The lowest BCUT2D eigenvalue weighted by molar-refractivity contribution is -0.118. The predicted molar refractivity (Wildman–Crippen MR) is 58.5 cm³/mol. The number of rotatable bonds is 2. The summed E-state index contributed by atoms with van der Waals surface area (Å²) in [4.78, 5) is 10.5. The van der Waals surface area contributed by atoms with Crippen LogP contribution in [0.4, 0.5) is 4.39 Å². The van der Waals surface area contributed by atoms with Gasteiger partial charge in [0.05, 0.1) is 19.2 Å². The monoisotopic (exact) mass is 221 g/mol. The minimum atomic E-state index is -0.435. The molecule has 0 aliphatic heterocycles. The summed E-state index contributed by atoms with van der Waals surface area (Å²) in [6.45, 7) is 1.61. The second-order valence-electron chi connectivity index (χ2n) is 3.06. The van der Waals surface area contributed by atoms with Gasteiger partial charge in [-0.2, -0.15) is 0 Å². The lowest BCUT2D eigenvalue weighted by Crippen LogP contribution is -2.19. The van der Waals surface area contributed by atoms with Crippen LogP contribution in [-0.4, -0.2) is 19.6 Å². The number of ether oxygens (including phenoxy) is 1. The molecule has 0 saturated carbocycles.